The highest BCUT2D eigenvalue weighted by molar-refractivity contribution is 6.29. The molecule has 1 aromatic heterocycles. The maximum atomic E-state index is 13.2. The second-order valence-electron chi connectivity index (χ2n) is 6.75. The Morgan fingerprint density at radius 3 is 2.52 bits per heavy atom. The number of halogens is 2. The number of aromatic nitrogens is 1. The Labute approximate surface area is 173 Å². The maximum absolute atomic E-state index is 13.2. The van der Waals surface area contributed by atoms with Gasteiger partial charge < -0.3 is 15.2 Å². The predicted molar refractivity (Wildman–Crippen MR) is 109 cm³/mol. The van der Waals surface area contributed by atoms with Gasteiger partial charge in [-0.2, -0.15) is 0 Å². The van der Waals surface area contributed by atoms with Crippen LogP contribution in [0.5, 0.6) is 0 Å². The van der Waals surface area contributed by atoms with Gasteiger partial charge in [-0.25, -0.2) is 14.2 Å². The van der Waals surface area contributed by atoms with Gasteiger partial charge in [-0.3, -0.25) is 0 Å². The van der Waals surface area contributed by atoms with Crippen molar-refractivity contribution in [2.75, 3.05) is 6.61 Å². The maximum Gasteiger partial charge on any atom is 0.408 e. The highest BCUT2D eigenvalue weighted by Crippen LogP contribution is 2.28. The summed E-state index contributed by atoms with van der Waals surface area (Å²) in [5.41, 5.74) is 1.37. The van der Waals surface area contributed by atoms with Crippen molar-refractivity contribution in [1.29, 1.82) is 0 Å². The van der Waals surface area contributed by atoms with E-state index in [1.54, 1.807) is 31.2 Å². The van der Waals surface area contributed by atoms with E-state index in [9.17, 15) is 14.3 Å². The predicted octanol–water partition coefficient (Wildman–Crippen LogP) is 4.68. The molecule has 5 nitrogen and oxygen atoms in total. The van der Waals surface area contributed by atoms with Crippen molar-refractivity contribution in [3.63, 3.8) is 0 Å². The van der Waals surface area contributed by atoms with Gasteiger partial charge in [-0.1, -0.05) is 41.9 Å². The third-order valence-electron chi connectivity index (χ3n) is 4.48. The number of hydrogen-bond donors (Lipinski definition) is 2. The van der Waals surface area contributed by atoms with Gasteiger partial charge in [-0.05, 0) is 54.4 Å². The Morgan fingerprint density at radius 2 is 1.86 bits per heavy atom. The molecular weight excluding hydrogens is 395 g/mol. The van der Waals surface area contributed by atoms with Crippen molar-refractivity contribution >= 4 is 17.7 Å². The molecule has 0 saturated heterocycles. The van der Waals surface area contributed by atoms with Crippen LogP contribution in [0.25, 0.3) is 11.3 Å². The van der Waals surface area contributed by atoms with Crippen LogP contribution < -0.4 is 5.32 Å². The molecule has 1 atom stereocenters. The molecular formula is C22H20ClFN2O3. The number of nitrogens with one attached hydrogen (secondary N) is 1. The second kappa shape index (κ2) is 9.03. The number of ether oxygens (including phenoxy) is 1. The molecule has 1 amide bonds. The molecule has 7 heteroatoms. The molecule has 0 bridgehead atoms. The Balaban J connectivity index is 1.80. The molecule has 2 N–H and O–H groups in total. The van der Waals surface area contributed by atoms with E-state index < -0.39 is 18.2 Å². The zero-order valence-electron chi connectivity index (χ0n) is 15.7. The summed E-state index contributed by atoms with van der Waals surface area (Å²) in [4.78, 5) is 16.6. The smallest absolute Gasteiger partial charge is 0.408 e. The Kier molecular flexibility index (Phi) is 6.46. The number of amides is 1. The summed E-state index contributed by atoms with van der Waals surface area (Å²) < 4.78 is 18.5. The number of alkyl carbamates (subject to hydrolysis) is 1. The molecule has 0 radical (unpaired) electrons. The largest absolute Gasteiger partial charge is 0.445 e. The number of carbonyl (C=O) groups is 1. The van der Waals surface area contributed by atoms with Crippen molar-refractivity contribution in [2.45, 2.75) is 19.1 Å². The summed E-state index contributed by atoms with van der Waals surface area (Å²) >= 11 is 6.16. The normalized spacial score (nSPS) is 12.8. The zero-order chi connectivity index (χ0) is 20.9. The second-order valence-corrected chi connectivity index (χ2v) is 7.13. The number of rotatable bonds is 6. The molecule has 0 fully saturated rings. The molecule has 0 spiro atoms. The number of nitrogens with zero attached hydrogens (tertiary/aromatic N) is 1. The zero-order valence-corrected chi connectivity index (χ0v) is 16.5. The summed E-state index contributed by atoms with van der Waals surface area (Å²) in [6, 6.07) is 18.3. The van der Waals surface area contributed by atoms with E-state index in [0.717, 1.165) is 5.56 Å². The highest BCUT2D eigenvalue weighted by Gasteiger charge is 2.30. The van der Waals surface area contributed by atoms with Crippen LogP contribution in [0.2, 0.25) is 5.15 Å². The molecule has 0 saturated carbocycles. The van der Waals surface area contributed by atoms with Crippen molar-refractivity contribution in [3.05, 3.63) is 88.8 Å². The lowest BCUT2D eigenvalue weighted by Gasteiger charge is -2.29. The minimum atomic E-state index is -1.16. The third-order valence-corrected chi connectivity index (χ3v) is 4.67. The molecule has 0 aliphatic rings. The van der Waals surface area contributed by atoms with Gasteiger partial charge in [0.15, 0.2) is 0 Å². The van der Waals surface area contributed by atoms with E-state index in [0.29, 0.717) is 16.8 Å². The Bertz CT molecular complexity index is 983. The third kappa shape index (κ3) is 5.31. The Hall–Kier alpha value is -2.96. The van der Waals surface area contributed by atoms with Gasteiger partial charge in [0, 0.05) is 5.56 Å². The van der Waals surface area contributed by atoms with Gasteiger partial charge >= 0.3 is 6.09 Å². The quantitative estimate of drug-likeness (QED) is 0.575. The van der Waals surface area contributed by atoms with Crippen LogP contribution in [0.3, 0.4) is 0 Å². The van der Waals surface area contributed by atoms with Crippen molar-refractivity contribution in [2.24, 2.45) is 0 Å². The van der Waals surface area contributed by atoms with Gasteiger partial charge in [0.25, 0.3) is 0 Å². The fraction of sp³-hybridized carbons (Fsp3) is 0.182. The van der Waals surface area contributed by atoms with Gasteiger partial charge in [0.2, 0.25) is 0 Å². The van der Waals surface area contributed by atoms with E-state index >= 15 is 0 Å². The topological polar surface area (TPSA) is 71.5 Å². The summed E-state index contributed by atoms with van der Waals surface area (Å²) in [5, 5.41) is 12.8. The number of aliphatic hydroxyl groups excluding tert-OH is 1. The minimum absolute atomic E-state index is 0.103. The molecule has 2 aromatic carbocycles. The van der Waals surface area contributed by atoms with E-state index in [2.05, 4.69) is 10.3 Å². The first kappa shape index (κ1) is 20.8. The highest BCUT2D eigenvalue weighted by atomic mass is 35.5. The molecule has 0 aliphatic carbocycles. The fourth-order valence-electron chi connectivity index (χ4n) is 2.77. The van der Waals surface area contributed by atoms with Gasteiger partial charge in [-0.15, -0.1) is 0 Å². The van der Waals surface area contributed by atoms with Crippen molar-refractivity contribution < 1.29 is 19.0 Å². The molecule has 3 rings (SSSR count). The van der Waals surface area contributed by atoms with Crippen molar-refractivity contribution in [3.8, 4) is 11.3 Å². The number of hydrogen-bond acceptors (Lipinski definition) is 4. The number of aliphatic hydroxyl groups is 1. The lowest BCUT2D eigenvalue weighted by molar-refractivity contribution is 0.111. The first-order valence-corrected chi connectivity index (χ1v) is 9.31. The van der Waals surface area contributed by atoms with Crippen molar-refractivity contribution in [1.82, 2.24) is 10.3 Å². The molecule has 1 heterocycles. The standard InChI is InChI=1S/C22H20ClFN2O3/c1-22(14-27,26-21(28)29-13-15-5-3-2-4-6-15)17-11-19(25-20(23)12-17)16-7-9-18(24)10-8-16/h2-12,27H,13-14H2,1H3,(H,26,28)/t22-/m0/s1. The first-order valence-electron chi connectivity index (χ1n) is 8.93. The van der Waals surface area contributed by atoms with Crippen LogP contribution in [-0.2, 0) is 16.9 Å². The SMILES string of the molecule is C[C@@](CO)(NC(=O)OCc1ccccc1)c1cc(Cl)nc(-c2ccc(F)cc2)c1. The monoisotopic (exact) mass is 414 g/mol. The van der Waals surface area contributed by atoms with Crippen LogP contribution in [0.4, 0.5) is 9.18 Å². The average molecular weight is 415 g/mol. The molecule has 150 valence electrons. The molecule has 0 aliphatic heterocycles. The number of pyridine rings is 1. The number of benzene rings is 2. The summed E-state index contributed by atoms with van der Waals surface area (Å²) in [5.74, 6) is -0.362. The molecule has 29 heavy (non-hydrogen) atoms. The van der Waals surface area contributed by atoms with Crippen LogP contribution in [0.15, 0.2) is 66.7 Å². The lowest BCUT2D eigenvalue weighted by atomic mass is 9.92. The lowest BCUT2D eigenvalue weighted by Crippen LogP contribution is -2.46. The Morgan fingerprint density at radius 1 is 1.17 bits per heavy atom. The molecule has 3 aromatic rings. The van der Waals surface area contributed by atoms with E-state index in [1.807, 2.05) is 30.3 Å². The van der Waals surface area contributed by atoms with Crippen LogP contribution in [0, 0.1) is 5.82 Å². The number of carbonyl (C=O) groups excluding carboxylic acids is 1. The summed E-state index contributed by atoms with van der Waals surface area (Å²) in [7, 11) is 0. The van der Waals surface area contributed by atoms with Crippen LogP contribution in [-0.4, -0.2) is 22.8 Å². The van der Waals surface area contributed by atoms with Gasteiger partial charge in [0.1, 0.15) is 17.6 Å². The first-order chi connectivity index (χ1) is 13.9. The van der Waals surface area contributed by atoms with E-state index in [-0.39, 0.29) is 17.6 Å². The van der Waals surface area contributed by atoms with Crippen LogP contribution in [0.1, 0.15) is 18.1 Å². The van der Waals surface area contributed by atoms with E-state index in [1.165, 1.54) is 12.1 Å². The fourth-order valence-corrected chi connectivity index (χ4v) is 2.98. The van der Waals surface area contributed by atoms with Gasteiger partial charge in [0.05, 0.1) is 17.8 Å². The average Bonchev–Trinajstić information content (AvgIpc) is 2.73. The summed E-state index contributed by atoms with van der Waals surface area (Å²) in [6.07, 6.45) is -0.679. The van der Waals surface area contributed by atoms with Crippen LogP contribution >= 0.6 is 11.6 Å². The van der Waals surface area contributed by atoms with E-state index in [4.69, 9.17) is 16.3 Å². The minimum Gasteiger partial charge on any atom is -0.445 e. The summed E-state index contributed by atoms with van der Waals surface area (Å²) in [6.45, 7) is 1.36. The molecule has 0 unspecified atom stereocenters.